The van der Waals surface area contributed by atoms with Crippen LogP contribution in [-0.4, -0.2) is 35.2 Å². The van der Waals surface area contributed by atoms with Crippen LogP contribution < -0.4 is 4.90 Å². The zero-order valence-electron chi connectivity index (χ0n) is 24.2. The van der Waals surface area contributed by atoms with Crippen molar-refractivity contribution >= 4 is 40.2 Å². The first-order valence-corrected chi connectivity index (χ1v) is 14.6. The summed E-state index contributed by atoms with van der Waals surface area (Å²) in [6, 6.07) is 19.8. The number of rotatable bonds is 6. The topological polar surface area (TPSA) is 93.6 Å². The number of ether oxygens (including phenoxy) is 1. The highest BCUT2D eigenvalue weighted by molar-refractivity contribution is 6.23. The normalized spacial score (nSPS) is 22.0. The van der Waals surface area contributed by atoms with Gasteiger partial charge in [0, 0.05) is 16.5 Å². The van der Waals surface area contributed by atoms with Crippen LogP contribution in [0.1, 0.15) is 43.8 Å². The van der Waals surface area contributed by atoms with E-state index in [0.29, 0.717) is 33.4 Å². The van der Waals surface area contributed by atoms with Crippen LogP contribution in [-0.2, 0) is 14.3 Å². The summed E-state index contributed by atoms with van der Waals surface area (Å²) in [4.78, 5) is 58.9. The fourth-order valence-electron chi connectivity index (χ4n) is 6.85. The molecular formula is C36H30N2O5. The van der Waals surface area contributed by atoms with Gasteiger partial charge in [-0.15, -0.1) is 0 Å². The maximum atomic E-state index is 13.4. The molecule has 4 aromatic rings. The molecule has 1 aliphatic heterocycles. The molecule has 4 atom stereocenters. The zero-order chi connectivity index (χ0) is 30.0. The highest BCUT2D eigenvalue weighted by atomic mass is 16.5. The number of carbonyl (C=O) groups is 4. The number of esters is 1. The molecule has 214 valence electrons. The second-order valence-corrected chi connectivity index (χ2v) is 11.9. The number of imide groups is 1. The second-order valence-electron chi connectivity index (χ2n) is 11.9. The highest BCUT2D eigenvalue weighted by Gasteiger charge is 2.59. The Morgan fingerprint density at radius 2 is 1.53 bits per heavy atom. The maximum absolute atomic E-state index is 13.4. The van der Waals surface area contributed by atoms with E-state index in [2.05, 4.69) is 12.2 Å². The molecular weight excluding hydrogens is 540 g/mol. The summed E-state index contributed by atoms with van der Waals surface area (Å²) in [6.07, 6.45) is 5.05. The number of aromatic nitrogens is 1. The number of allylic oxidation sites excluding steroid dienone is 2. The number of amides is 2. The van der Waals surface area contributed by atoms with Gasteiger partial charge >= 0.3 is 5.97 Å². The molecule has 2 fully saturated rings. The van der Waals surface area contributed by atoms with Crippen molar-refractivity contribution in [1.82, 2.24) is 4.98 Å². The molecule has 2 amide bonds. The van der Waals surface area contributed by atoms with Gasteiger partial charge < -0.3 is 4.74 Å². The first kappa shape index (κ1) is 27.0. The number of ketones is 1. The molecule has 43 heavy (non-hydrogen) atoms. The predicted molar refractivity (Wildman–Crippen MR) is 163 cm³/mol. The lowest BCUT2D eigenvalue weighted by Gasteiger charge is -2.18. The number of aryl methyl sites for hydroxylation is 3. The molecule has 3 aliphatic rings. The van der Waals surface area contributed by atoms with Crippen LogP contribution in [0.5, 0.6) is 0 Å². The lowest BCUT2D eigenvalue weighted by Crippen LogP contribution is -2.32. The predicted octanol–water partition coefficient (Wildman–Crippen LogP) is 6.18. The summed E-state index contributed by atoms with van der Waals surface area (Å²) < 4.78 is 5.52. The monoisotopic (exact) mass is 570 g/mol. The third kappa shape index (κ3) is 4.38. The first-order chi connectivity index (χ1) is 20.7. The van der Waals surface area contributed by atoms with Crippen LogP contribution in [0.4, 0.5) is 5.69 Å². The van der Waals surface area contributed by atoms with Crippen LogP contribution in [0.3, 0.4) is 0 Å². The minimum absolute atomic E-state index is 0.126. The van der Waals surface area contributed by atoms with Gasteiger partial charge in [-0.05, 0) is 80.0 Å². The lowest BCUT2D eigenvalue weighted by atomic mass is 9.85. The molecule has 1 saturated carbocycles. The van der Waals surface area contributed by atoms with Gasteiger partial charge in [0.1, 0.15) is 0 Å². The van der Waals surface area contributed by atoms with Crippen molar-refractivity contribution in [3.8, 4) is 11.3 Å². The molecule has 0 spiro atoms. The Labute approximate surface area is 249 Å². The number of hydrogen-bond donors (Lipinski definition) is 0. The molecule has 7 heteroatoms. The first-order valence-electron chi connectivity index (χ1n) is 14.6. The van der Waals surface area contributed by atoms with E-state index in [-0.39, 0.29) is 47.9 Å². The third-order valence-electron chi connectivity index (χ3n) is 9.32. The Morgan fingerprint density at radius 1 is 0.837 bits per heavy atom. The smallest absolute Gasteiger partial charge is 0.339 e. The van der Waals surface area contributed by atoms with Crippen molar-refractivity contribution in [2.45, 2.75) is 27.2 Å². The van der Waals surface area contributed by atoms with Crippen LogP contribution in [0, 0.1) is 44.4 Å². The molecule has 4 unspecified atom stereocenters. The summed E-state index contributed by atoms with van der Waals surface area (Å²) in [7, 11) is 0. The lowest BCUT2D eigenvalue weighted by molar-refractivity contribution is -0.123. The average molecular weight is 571 g/mol. The molecule has 2 heterocycles. The molecule has 0 N–H and O–H groups in total. The van der Waals surface area contributed by atoms with Crippen molar-refractivity contribution in [1.29, 1.82) is 0 Å². The van der Waals surface area contributed by atoms with E-state index in [1.807, 2.05) is 57.2 Å². The van der Waals surface area contributed by atoms with Gasteiger partial charge in [-0.1, -0.05) is 54.6 Å². The summed E-state index contributed by atoms with van der Waals surface area (Å²) in [5.41, 5.74) is 6.21. The van der Waals surface area contributed by atoms with E-state index in [1.54, 1.807) is 30.3 Å². The van der Waals surface area contributed by atoms with Crippen molar-refractivity contribution < 1.29 is 23.9 Å². The van der Waals surface area contributed by atoms with Crippen LogP contribution >= 0.6 is 0 Å². The summed E-state index contributed by atoms with van der Waals surface area (Å²) in [5.74, 6) is -1.37. The van der Waals surface area contributed by atoms with E-state index in [4.69, 9.17) is 9.72 Å². The van der Waals surface area contributed by atoms with E-state index >= 15 is 0 Å². The van der Waals surface area contributed by atoms with Gasteiger partial charge in [0.2, 0.25) is 11.8 Å². The minimum Gasteiger partial charge on any atom is -0.454 e. The van der Waals surface area contributed by atoms with Crippen molar-refractivity contribution in [2.24, 2.45) is 23.7 Å². The van der Waals surface area contributed by atoms with Gasteiger partial charge in [-0.2, -0.15) is 0 Å². The second kappa shape index (κ2) is 10.1. The Morgan fingerprint density at radius 3 is 2.21 bits per heavy atom. The molecule has 2 bridgehead atoms. The Bertz CT molecular complexity index is 1860. The van der Waals surface area contributed by atoms with E-state index in [1.165, 1.54) is 4.90 Å². The number of pyridine rings is 1. The molecule has 7 rings (SSSR count). The van der Waals surface area contributed by atoms with Gasteiger partial charge in [0.05, 0.1) is 34.3 Å². The van der Waals surface area contributed by atoms with Gasteiger partial charge in [0.25, 0.3) is 0 Å². The van der Waals surface area contributed by atoms with Crippen molar-refractivity contribution in [3.63, 3.8) is 0 Å². The molecule has 1 aromatic heterocycles. The van der Waals surface area contributed by atoms with Crippen LogP contribution in [0.15, 0.2) is 78.9 Å². The van der Waals surface area contributed by atoms with Crippen molar-refractivity contribution in [2.75, 3.05) is 11.5 Å². The van der Waals surface area contributed by atoms with Gasteiger partial charge in [-0.25, -0.2) is 9.78 Å². The number of Topliss-reactive ketones (excluding diaryl/α,β-unsaturated/α-hetero) is 1. The Balaban J connectivity index is 1.16. The molecule has 2 aliphatic carbocycles. The number of anilines is 1. The Hall–Kier alpha value is -4.91. The molecule has 3 aromatic carbocycles. The van der Waals surface area contributed by atoms with Gasteiger partial charge in [-0.3, -0.25) is 19.3 Å². The number of carbonyl (C=O) groups excluding carboxylic acids is 4. The van der Waals surface area contributed by atoms with E-state index in [0.717, 1.165) is 28.7 Å². The van der Waals surface area contributed by atoms with Crippen LogP contribution in [0.2, 0.25) is 0 Å². The number of hydrogen-bond acceptors (Lipinski definition) is 6. The number of fused-ring (bicyclic) bond motifs is 6. The fraction of sp³-hybridized carbons (Fsp3) is 0.250. The number of benzene rings is 3. The molecule has 7 nitrogen and oxygen atoms in total. The largest absolute Gasteiger partial charge is 0.454 e. The SMILES string of the molecule is Cc1ccc(C(=O)COC(=O)c2cc(-c3ccc(N4C(=O)C5C6C=CC(C6)C5C4=O)cc3)nc3c(C)cccc23)cc1C. The highest BCUT2D eigenvalue weighted by Crippen LogP contribution is 2.53. The number of nitrogens with zero attached hydrogens (tertiary/aromatic N) is 2. The minimum atomic E-state index is -0.615. The zero-order valence-corrected chi connectivity index (χ0v) is 24.2. The standard InChI is InChI=1S/C36H30N2O5/c1-19-7-8-23(15-21(19)3)30(39)18-43-36(42)28-17-29(37-33-20(2)5-4-6-27(28)33)22-11-13-26(14-12-22)38-34(40)31-24-9-10-25(16-24)32(31)35(38)41/h4-15,17,24-25,31-32H,16,18H2,1-3H3. The molecule has 0 radical (unpaired) electrons. The molecule has 1 saturated heterocycles. The average Bonchev–Trinajstić information content (AvgIpc) is 3.70. The third-order valence-corrected chi connectivity index (χ3v) is 9.32. The quantitative estimate of drug-likeness (QED) is 0.119. The van der Waals surface area contributed by atoms with E-state index in [9.17, 15) is 19.2 Å². The summed E-state index contributed by atoms with van der Waals surface area (Å²) in [5, 5.41) is 0.632. The van der Waals surface area contributed by atoms with E-state index < -0.39 is 5.97 Å². The number of para-hydroxylation sites is 1. The Kier molecular flexibility index (Phi) is 6.34. The summed E-state index contributed by atoms with van der Waals surface area (Å²) in [6.45, 7) is 5.45. The van der Waals surface area contributed by atoms with Crippen molar-refractivity contribution in [3.05, 3.63) is 107 Å². The van der Waals surface area contributed by atoms with Gasteiger partial charge in [0.15, 0.2) is 12.4 Å². The fourth-order valence-corrected chi connectivity index (χ4v) is 6.85. The summed E-state index contributed by atoms with van der Waals surface area (Å²) >= 11 is 0. The maximum Gasteiger partial charge on any atom is 0.339 e. The van der Waals surface area contributed by atoms with Crippen LogP contribution in [0.25, 0.3) is 22.2 Å².